The molecule has 0 aliphatic rings. The van der Waals surface area contributed by atoms with E-state index in [-0.39, 0.29) is 10.7 Å². The lowest BCUT2D eigenvalue weighted by Crippen LogP contribution is -2.12. The van der Waals surface area contributed by atoms with Crippen LogP contribution in [0.3, 0.4) is 0 Å². The van der Waals surface area contributed by atoms with Crippen LogP contribution in [0.1, 0.15) is 5.56 Å². The molecule has 0 aliphatic carbocycles. The van der Waals surface area contributed by atoms with Gasteiger partial charge in [-0.1, -0.05) is 24.3 Å². The van der Waals surface area contributed by atoms with Crippen LogP contribution in [-0.4, -0.2) is 23.0 Å². The average Bonchev–Trinajstić information content (AvgIpc) is 3.07. The number of aromatic nitrogens is 3. The van der Waals surface area contributed by atoms with E-state index < -0.39 is 10.0 Å². The van der Waals surface area contributed by atoms with Crippen LogP contribution in [0.4, 0.5) is 10.2 Å². The number of hydrogen-bond acceptors (Lipinski definition) is 5. The number of fused-ring (bicyclic) bond motifs is 1. The molecule has 7 nitrogen and oxygen atoms in total. The third-order valence-electron chi connectivity index (χ3n) is 4.30. The maximum Gasteiger partial charge on any atom is 0.238 e. The SMILES string of the molecule is NS(=O)(=O)c1ccc(CNc2cc(-c3ccccc3F)nc3c(Br)cnn23)cc1. The number of nitrogens with one attached hydrogen (secondary N) is 1. The molecule has 0 amide bonds. The zero-order valence-corrected chi connectivity index (χ0v) is 17.3. The highest BCUT2D eigenvalue weighted by Crippen LogP contribution is 2.27. The van der Waals surface area contributed by atoms with Crippen molar-refractivity contribution in [2.75, 3.05) is 5.32 Å². The number of primary sulfonamides is 1. The number of benzene rings is 2. The van der Waals surface area contributed by atoms with E-state index in [9.17, 15) is 12.8 Å². The fraction of sp³-hybridized carbons (Fsp3) is 0.0526. The van der Waals surface area contributed by atoms with Crippen LogP contribution in [0.25, 0.3) is 16.9 Å². The van der Waals surface area contributed by atoms with Crippen molar-refractivity contribution in [3.8, 4) is 11.3 Å². The largest absolute Gasteiger partial charge is 0.366 e. The van der Waals surface area contributed by atoms with E-state index in [2.05, 4.69) is 31.3 Å². The molecule has 0 aliphatic heterocycles. The molecule has 0 spiro atoms. The van der Waals surface area contributed by atoms with Crippen LogP contribution >= 0.6 is 15.9 Å². The Balaban J connectivity index is 1.69. The van der Waals surface area contributed by atoms with Crippen molar-refractivity contribution in [3.05, 3.63) is 76.6 Å². The molecule has 0 unspecified atom stereocenters. The predicted octanol–water partition coefficient (Wildman–Crippen LogP) is 3.56. The summed E-state index contributed by atoms with van der Waals surface area (Å²) in [7, 11) is -3.74. The number of rotatable bonds is 5. The Morgan fingerprint density at radius 2 is 1.86 bits per heavy atom. The Labute approximate surface area is 174 Å². The zero-order valence-electron chi connectivity index (χ0n) is 14.9. The zero-order chi connectivity index (χ0) is 20.6. The van der Waals surface area contributed by atoms with Gasteiger partial charge in [-0.2, -0.15) is 9.61 Å². The molecule has 10 heteroatoms. The Hall–Kier alpha value is -2.82. The highest BCUT2D eigenvalue weighted by Gasteiger charge is 2.14. The Kier molecular flexibility index (Phi) is 5.07. The first kappa shape index (κ1) is 19.5. The lowest BCUT2D eigenvalue weighted by molar-refractivity contribution is 0.597. The monoisotopic (exact) mass is 475 g/mol. The van der Waals surface area contributed by atoms with Crippen LogP contribution in [0.15, 0.2) is 70.2 Å². The van der Waals surface area contributed by atoms with Crippen molar-refractivity contribution in [1.29, 1.82) is 0 Å². The quantitative estimate of drug-likeness (QED) is 0.459. The fourth-order valence-corrected chi connectivity index (χ4v) is 3.72. The fourth-order valence-electron chi connectivity index (χ4n) is 2.86. The minimum Gasteiger partial charge on any atom is -0.366 e. The van der Waals surface area contributed by atoms with E-state index in [1.807, 2.05) is 0 Å². The van der Waals surface area contributed by atoms with Gasteiger partial charge in [0.25, 0.3) is 0 Å². The minimum absolute atomic E-state index is 0.0467. The number of anilines is 1. The Morgan fingerprint density at radius 1 is 1.14 bits per heavy atom. The molecule has 29 heavy (non-hydrogen) atoms. The second kappa shape index (κ2) is 7.54. The van der Waals surface area contributed by atoms with Crippen molar-refractivity contribution in [1.82, 2.24) is 14.6 Å². The van der Waals surface area contributed by atoms with Gasteiger partial charge in [0, 0.05) is 18.2 Å². The Morgan fingerprint density at radius 3 is 2.55 bits per heavy atom. The number of sulfonamides is 1. The molecule has 4 rings (SSSR count). The minimum atomic E-state index is -3.74. The van der Waals surface area contributed by atoms with Gasteiger partial charge in [-0.05, 0) is 45.8 Å². The van der Waals surface area contributed by atoms with Gasteiger partial charge in [0.15, 0.2) is 5.65 Å². The summed E-state index contributed by atoms with van der Waals surface area (Å²) in [5.74, 6) is 0.235. The van der Waals surface area contributed by atoms with E-state index in [4.69, 9.17) is 5.14 Å². The van der Waals surface area contributed by atoms with Gasteiger partial charge < -0.3 is 5.32 Å². The predicted molar refractivity (Wildman–Crippen MR) is 111 cm³/mol. The Bertz CT molecular complexity index is 1310. The van der Waals surface area contributed by atoms with Crippen LogP contribution in [0, 0.1) is 5.82 Å². The lowest BCUT2D eigenvalue weighted by Gasteiger charge is -2.11. The van der Waals surface area contributed by atoms with E-state index in [0.717, 1.165) is 5.56 Å². The van der Waals surface area contributed by atoms with Crippen molar-refractivity contribution in [2.24, 2.45) is 5.14 Å². The van der Waals surface area contributed by atoms with Gasteiger partial charge in [-0.25, -0.2) is 22.9 Å². The van der Waals surface area contributed by atoms with E-state index >= 15 is 0 Å². The first-order valence-corrected chi connectivity index (χ1v) is 10.8. The van der Waals surface area contributed by atoms with Crippen molar-refractivity contribution in [2.45, 2.75) is 11.4 Å². The van der Waals surface area contributed by atoms with E-state index in [1.165, 1.54) is 18.2 Å². The molecule has 0 atom stereocenters. The molecule has 2 aromatic carbocycles. The number of nitrogens with two attached hydrogens (primary N) is 1. The first-order chi connectivity index (χ1) is 13.8. The van der Waals surface area contributed by atoms with E-state index in [0.29, 0.717) is 33.7 Å². The topological polar surface area (TPSA) is 102 Å². The van der Waals surface area contributed by atoms with Crippen molar-refractivity contribution >= 4 is 37.4 Å². The maximum atomic E-state index is 14.3. The van der Waals surface area contributed by atoms with Gasteiger partial charge in [-0.15, -0.1) is 0 Å². The second-order valence-electron chi connectivity index (χ2n) is 6.28. The number of hydrogen-bond donors (Lipinski definition) is 2. The summed E-state index contributed by atoms with van der Waals surface area (Å²) < 4.78 is 39.3. The lowest BCUT2D eigenvalue weighted by atomic mass is 10.1. The number of halogens is 2. The van der Waals surface area contributed by atoms with Gasteiger partial charge in [0.1, 0.15) is 11.6 Å². The van der Waals surface area contributed by atoms with Gasteiger partial charge >= 0.3 is 0 Å². The molecule has 2 heterocycles. The molecule has 2 aromatic heterocycles. The maximum absolute atomic E-state index is 14.3. The third-order valence-corrected chi connectivity index (χ3v) is 5.79. The first-order valence-electron chi connectivity index (χ1n) is 8.48. The molecule has 0 radical (unpaired) electrons. The summed E-state index contributed by atoms with van der Waals surface area (Å²) in [6.07, 6.45) is 1.61. The molecule has 0 saturated carbocycles. The molecule has 3 N–H and O–H groups in total. The average molecular weight is 476 g/mol. The molecule has 0 fully saturated rings. The van der Waals surface area contributed by atoms with Crippen molar-refractivity contribution in [3.63, 3.8) is 0 Å². The van der Waals surface area contributed by atoms with Crippen LogP contribution < -0.4 is 10.5 Å². The third kappa shape index (κ3) is 4.00. The summed E-state index contributed by atoms with van der Waals surface area (Å²) in [5.41, 5.74) is 2.21. The summed E-state index contributed by atoms with van der Waals surface area (Å²) in [4.78, 5) is 4.56. The standard InChI is InChI=1S/C19H15BrFN5O2S/c20-15-11-24-26-18(23-10-12-5-7-13(8-6-12)29(22,27)28)9-17(25-19(15)26)14-3-1-2-4-16(14)21/h1-9,11,23H,10H2,(H2,22,27,28). The molecule has 4 aromatic rings. The molecule has 0 bridgehead atoms. The highest BCUT2D eigenvalue weighted by molar-refractivity contribution is 9.10. The molecular weight excluding hydrogens is 461 g/mol. The van der Waals surface area contributed by atoms with Crippen molar-refractivity contribution < 1.29 is 12.8 Å². The second-order valence-corrected chi connectivity index (χ2v) is 8.69. The van der Waals surface area contributed by atoms with Crippen LogP contribution in [0.5, 0.6) is 0 Å². The summed E-state index contributed by atoms with van der Waals surface area (Å²) in [5, 5.41) is 12.7. The van der Waals surface area contributed by atoms with E-state index in [1.54, 1.807) is 47.1 Å². The van der Waals surface area contributed by atoms with Gasteiger partial charge in [0.2, 0.25) is 10.0 Å². The highest BCUT2D eigenvalue weighted by atomic mass is 79.9. The molecule has 148 valence electrons. The molecule has 0 saturated heterocycles. The molecular formula is C19H15BrFN5O2S. The summed E-state index contributed by atoms with van der Waals surface area (Å²) >= 11 is 3.41. The summed E-state index contributed by atoms with van der Waals surface area (Å²) in [6.45, 7) is 0.387. The van der Waals surface area contributed by atoms with Crippen LogP contribution in [0.2, 0.25) is 0 Å². The summed E-state index contributed by atoms with van der Waals surface area (Å²) in [6, 6.07) is 14.4. The van der Waals surface area contributed by atoms with Crippen LogP contribution in [-0.2, 0) is 16.6 Å². The smallest absolute Gasteiger partial charge is 0.238 e. The van der Waals surface area contributed by atoms with Gasteiger partial charge in [-0.3, -0.25) is 0 Å². The number of nitrogens with zero attached hydrogens (tertiary/aromatic N) is 3. The normalized spacial score (nSPS) is 11.7. The van der Waals surface area contributed by atoms with Gasteiger partial charge in [0.05, 0.1) is 21.3 Å².